The third-order valence-corrected chi connectivity index (χ3v) is 5.76. The van der Waals surface area contributed by atoms with Crippen LogP contribution in [0.4, 0.5) is 5.69 Å². The van der Waals surface area contributed by atoms with Gasteiger partial charge < -0.3 is 9.84 Å². The van der Waals surface area contributed by atoms with Gasteiger partial charge in [-0.3, -0.25) is 9.69 Å². The fourth-order valence-electron chi connectivity index (χ4n) is 2.78. The number of halogens is 1. The number of amidine groups is 1. The molecule has 30 heavy (non-hydrogen) atoms. The number of amides is 1. The predicted molar refractivity (Wildman–Crippen MR) is 123 cm³/mol. The Kier molecular flexibility index (Phi) is 7.33. The number of carboxylic acids is 1. The molecule has 0 saturated carbocycles. The maximum absolute atomic E-state index is 12.9. The van der Waals surface area contributed by atoms with Crippen LogP contribution in [-0.4, -0.2) is 40.2 Å². The Labute approximate surface area is 187 Å². The monoisotopic (exact) mass is 488 g/mol. The van der Waals surface area contributed by atoms with E-state index in [4.69, 9.17) is 9.84 Å². The number of aliphatic imine (C=N–C) groups is 1. The van der Waals surface area contributed by atoms with Gasteiger partial charge in [0.1, 0.15) is 5.75 Å². The number of rotatable bonds is 7. The average Bonchev–Trinajstić information content (AvgIpc) is 3.01. The summed E-state index contributed by atoms with van der Waals surface area (Å²) in [6, 6.07) is 11.9. The highest BCUT2D eigenvalue weighted by Gasteiger charge is 2.32. The Morgan fingerprint density at radius 3 is 2.60 bits per heavy atom. The maximum atomic E-state index is 12.9. The minimum Gasteiger partial charge on any atom is -0.493 e. The number of hydrogen-bond acceptors (Lipinski definition) is 5. The van der Waals surface area contributed by atoms with Crippen molar-refractivity contribution in [2.75, 3.05) is 13.2 Å². The van der Waals surface area contributed by atoms with Gasteiger partial charge in [-0.2, -0.15) is 0 Å². The van der Waals surface area contributed by atoms with Gasteiger partial charge in [-0.1, -0.05) is 22.9 Å². The summed E-state index contributed by atoms with van der Waals surface area (Å²) in [5.41, 5.74) is 1.59. The second-order valence-electron chi connectivity index (χ2n) is 6.44. The van der Waals surface area contributed by atoms with E-state index in [9.17, 15) is 9.59 Å². The molecule has 2 aromatic carbocycles. The first-order valence-electron chi connectivity index (χ1n) is 9.48. The van der Waals surface area contributed by atoms with E-state index in [1.807, 2.05) is 38.1 Å². The van der Waals surface area contributed by atoms with Crippen molar-refractivity contribution in [2.24, 2.45) is 4.99 Å². The van der Waals surface area contributed by atoms with Crippen LogP contribution in [0.25, 0.3) is 6.08 Å². The molecule has 1 N–H and O–H groups in total. The molecule has 6 nitrogen and oxygen atoms in total. The lowest BCUT2D eigenvalue weighted by atomic mass is 10.2. The molecule has 0 unspecified atom stereocenters. The molecule has 8 heteroatoms. The van der Waals surface area contributed by atoms with Crippen LogP contribution < -0.4 is 4.74 Å². The maximum Gasteiger partial charge on any atom is 0.335 e. The molecule has 0 radical (unpaired) electrons. The Bertz CT molecular complexity index is 1020. The Balaban J connectivity index is 1.92. The Hall–Kier alpha value is -2.58. The van der Waals surface area contributed by atoms with E-state index in [0.717, 1.165) is 22.2 Å². The van der Waals surface area contributed by atoms with E-state index < -0.39 is 5.97 Å². The molecule has 1 fully saturated rings. The summed E-state index contributed by atoms with van der Waals surface area (Å²) in [5, 5.41) is 9.59. The second kappa shape index (κ2) is 9.95. The molecule has 0 bridgehead atoms. The summed E-state index contributed by atoms with van der Waals surface area (Å²) in [7, 11) is 0. The lowest BCUT2D eigenvalue weighted by Gasteiger charge is -2.12. The van der Waals surface area contributed by atoms with E-state index in [1.54, 1.807) is 17.0 Å². The Morgan fingerprint density at radius 2 is 1.97 bits per heavy atom. The molecule has 2 aromatic rings. The molecule has 1 heterocycles. The normalized spacial score (nSPS) is 16.5. The number of thioether (sulfide) groups is 1. The largest absolute Gasteiger partial charge is 0.493 e. The molecule has 0 aliphatic carbocycles. The number of hydrogen-bond donors (Lipinski definition) is 1. The summed E-state index contributed by atoms with van der Waals surface area (Å²) in [5.74, 6) is -0.390. The first-order chi connectivity index (χ1) is 14.4. The summed E-state index contributed by atoms with van der Waals surface area (Å²) < 4.78 is 6.71. The van der Waals surface area contributed by atoms with Crippen molar-refractivity contribution >= 4 is 56.5 Å². The van der Waals surface area contributed by atoms with Crippen molar-refractivity contribution < 1.29 is 19.4 Å². The van der Waals surface area contributed by atoms with E-state index in [0.29, 0.717) is 28.9 Å². The lowest BCUT2D eigenvalue weighted by Crippen LogP contribution is -2.28. The summed E-state index contributed by atoms with van der Waals surface area (Å²) in [4.78, 5) is 30.6. The van der Waals surface area contributed by atoms with Gasteiger partial charge in [-0.15, -0.1) is 0 Å². The van der Waals surface area contributed by atoms with Gasteiger partial charge in [-0.25, -0.2) is 9.79 Å². The third kappa shape index (κ3) is 5.12. The van der Waals surface area contributed by atoms with Gasteiger partial charge in [0, 0.05) is 16.6 Å². The minimum atomic E-state index is -0.991. The zero-order chi connectivity index (χ0) is 21.7. The van der Waals surface area contributed by atoms with Crippen LogP contribution in [0.15, 0.2) is 56.8 Å². The van der Waals surface area contributed by atoms with E-state index >= 15 is 0 Å². The topological polar surface area (TPSA) is 79.2 Å². The third-order valence-electron chi connectivity index (χ3n) is 4.26. The van der Waals surface area contributed by atoms with Crippen molar-refractivity contribution in [3.63, 3.8) is 0 Å². The van der Waals surface area contributed by atoms with Crippen molar-refractivity contribution in [3.8, 4) is 5.75 Å². The van der Waals surface area contributed by atoms with Crippen molar-refractivity contribution in [1.29, 1.82) is 0 Å². The fraction of sp³-hybridized carbons (Fsp3) is 0.227. The number of nitrogens with zero attached hydrogens (tertiary/aromatic N) is 2. The molecule has 0 aromatic heterocycles. The number of ether oxygens (including phenoxy) is 1. The molecule has 1 aliphatic rings. The zero-order valence-electron chi connectivity index (χ0n) is 16.6. The highest BCUT2D eigenvalue weighted by atomic mass is 79.9. The van der Waals surface area contributed by atoms with Crippen LogP contribution >= 0.6 is 27.7 Å². The summed E-state index contributed by atoms with van der Waals surface area (Å²) in [6.45, 7) is 5.00. The minimum absolute atomic E-state index is 0.121. The number of likely N-dealkylation sites (N-methyl/N-ethyl adjacent to an activating group) is 1. The number of carboxylic acid groups (broad SMARTS) is 1. The number of benzene rings is 2. The Morgan fingerprint density at radius 1 is 1.23 bits per heavy atom. The smallest absolute Gasteiger partial charge is 0.335 e. The molecule has 156 valence electrons. The van der Waals surface area contributed by atoms with E-state index in [-0.39, 0.29) is 11.5 Å². The highest BCUT2D eigenvalue weighted by molar-refractivity contribution is 9.10. The van der Waals surface area contributed by atoms with Gasteiger partial charge in [0.15, 0.2) is 5.17 Å². The first-order valence-corrected chi connectivity index (χ1v) is 11.1. The molecule has 1 saturated heterocycles. The van der Waals surface area contributed by atoms with Gasteiger partial charge in [0.05, 0.1) is 22.8 Å². The van der Waals surface area contributed by atoms with Crippen LogP contribution in [0.3, 0.4) is 0 Å². The van der Waals surface area contributed by atoms with Gasteiger partial charge in [0.2, 0.25) is 0 Å². The van der Waals surface area contributed by atoms with E-state index in [1.165, 1.54) is 23.9 Å². The molecular formula is C22H21BrN2O4S. The second-order valence-corrected chi connectivity index (χ2v) is 8.36. The quantitative estimate of drug-likeness (QED) is 0.516. The molecule has 1 amide bonds. The molecular weight excluding hydrogens is 468 g/mol. The van der Waals surface area contributed by atoms with Crippen LogP contribution in [-0.2, 0) is 4.79 Å². The standard InChI is InChI=1S/C22H21BrN2O4S/c1-3-11-29-18-10-7-16(23)12-15(18)13-19-20(26)25(4-2)22(30-19)24-17-8-5-14(6-9-17)21(27)28/h5-10,12-13H,3-4,11H2,1-2H3,(H,27,28)/b19-13+,24-22?. The van der Waals surface area contributed by atoms with Crippen molar-refractivity contribution in [2.45, 2.75) is 20.3 Å². The molecule has 3 rings (SSSR count). The number of aromatic carboxylic acids is 1. The van der Waals surface area contributed by atoms with Crippen molar-refractivity contribution in [3.05, 3.63) is 63.0 Å². The fourth-order valence-corrected chi connectivity index (χ4v) is 4.21. The van der Waals surface area contributed by atoms with Gasteiger partial charge in [-0.05, 0) is 73.6 Å². The van der Waals surface area contributed by atoms with Crippen LogP contribution in [0.5, 0.6) is 5.75 Å². The zero-order valence-corrected chi connectivity index (χ0v) is 19.0. The number of carbonyl (C=O) groups excluding carboxylic acids is 1. The molecule has 0 spiro atoms. The van der Waals surface area contributed by atoms with Crippen molar-refractivity contribution in [1.82, 2.24) is 4.90 Å². The van der Waals surface area contributed by atoms with Crippen LogP contribution in [0, 0.1) is 0 Å². The first kappa shape index (κ1) is 22.1. The highest BCUT2D eigenvalue weighted by Crippen LogP contribution is 2.36. The number of carbonyl (C=O) groups is 2. The molecule has 1 aliphatic heterocycles. The average molecular weight is 489 g/mol. The van der Waals surface area contributed by atoms with Gasteiger partial charge >= 0.3 is 5.97 Å². The molecule has 0 atom stereocenters. The summed E-state index contributed by atoms with van der Waals surface area (Å²) >= 11 is 4.76. The lowest BCUT2D eigenvalue weighted by molar-refractivity contribution is -0.122. The van der Waals surface area contributed by atoms with Crippen LogP contribution in [0.2, 0.25) is 0 Å². The summed E-state index contributed by atoms with van der Waals surface area (Å²) in [6.07, 6.45) is 2.71. The van der Waals surface area contributed by atoms with Crippen LogP contribution in [0.1, 0.15) is 36.2 Å². The predicted octanol–water partition coefficient (Wildman–Crippen LogP) is 5.56. The van der Waals surface area contributed by atoms with E-state index in [2.05, 4.69) is 20.9 Å². The SMILES string of the molecule is CCCOc1ccc(Br)cc1/C=C1/SC(=Nc2ccc(C(=O)O)cc2)N(CC)C1=O. The van der Waals surface area contributed by atoms with Gasteiger partial charge in [0.25, 0.3) is 5.91 Å².